The molecule has 1 nitrogen and oxygen atoms in total. The zero-order valence-corrected chi connectivity index (χ0v) is 8.63. The first-order chi connectivity index (χ1) is 4.64. The fourth-order valence-corrected chi connectivity index (χ4v) is 1.94. The van der Waals surface area contributed by atoms with E-state index in [1.54, 1.807) is 0 Å². The van der Waals surface area contributed by atoms with Gasteiger partial charge in [0.25, 0.3) is 0 Å². The normalized spacial score (nSPS) is 29.2. The summed E-state index contributed by atoms with van der Waals surface area (Å²) in [6.07, 6.45) is 5.53. The molecule has 0 radical (unpaired) electrons. The average molecular weight is 178 g/mol. The summed E-state index contributed by atoms with van der Waals surface area (Å²) in [6, 6.07) is 0.781. The van der Waals surface area contributed by atoms with Gasteiger partial charge in [-0.1, -0.05) is 20.3 Å². The smallest absolute Gasteiger partial charge is 0.00691 e. The Kier molecular flexibility index (Phi) is 4.42. The van der Waals surface area contributed by atoms with E-state index >= 15 is 0 Å². The molecule has 2 heteroatoms. The minimum absolute atomic E-state index is 0. The van der Waals surface area contributed by atoms with Crippen LogP contribution in [0.25, 0.3) is 0 Å². The van der Waals surface area contributed by atoms with Crippen LogP contribution in [0.5, 0.6) is 0 Å². The maximum atomic E-state index is 3.36. The summed E-state index contributed by atoms with van der Waals surface area (Å²) in [5, 5.41) is 3.36. The van der Waals surface area contributed by atoms with Gasteiger partial charge in [0.1, 0.15) is 0 Å². The molecule has 1 fully saturated rings. The molecule has 0 spiro atoms. The maximum absolute atomic E-state index is 3.36. The van der Waals surface area contributed by atoms with Gasteiger partial charge in [0.15, 0.2) is 0 Å². The number of hydrogen-bond acceptors (Lipinski definition) is 1. The van der Waals surface area contributed by atoms with Crippen molar-refractivity contribution in [3.8, 4) is 0 Å². The first-order valence-corrected chi connectivity index (χ1v) is 4.31. The molecule has 1 saturated carbocycles. The SMILES string of the molecule is CNC1CCCC(C)(C)C1.Cl. The van der Waals surface area contributed by atoms with E-state index in [2.05, 4.69) is 26.2 Å². The highest BCUT2D eigenvalue weighted by molar-refractivity contribution is 5.85. The predicted molar refractivity (Wildman–Crippen MR) is 52.3 cm³/mol. The van der Waals surface area contributed by atoms with E-state index in [0.717, 1.165) is 6.04 Å². The highest BCUT2D eigenvalue weighted by Gasteiger charge is 2.26. The summed E-state index contributed by atoms with van der Waals surface area (Å²) in [5.74, 6) is 0. The Morgan fingerprint density at radius 1 is 1.36 bits per heavy atom. The zero-order valence-electron chi connectivity index (χ0n) is 7.81. The van der Waals surface area contributed by atoms with Crippen molar-refractivity contribution in [1.29, 1.82) is 0 Å². The minimum atomic E-state index is 0. The van der Waals surface area contributed by atoms with Crippen LogP contribution in [-0.4, -0.2) is 13.1 Å². The predicted octanol–water partition coefficient (Wildman–Crippen LogP) is 2.60. The summed E-state index contributed by atoms with van der Waals surface area (Å²) >= 11 is 0. The lowest BCUT2D eigenvalue weighted by Crippen LogP contribution is -2.34. The fraction of sp³-hybridized carbons (Fsp3) is 1.00. The van der Waals surface area contributed by atoms with E-state index in [1.807, 2.05) is 0 Å². The van der Waals surface area contributed by atoms with Gasteiger partial charge in [-0.05, 0) is 31.7 Å². The van der Waals surface area contributed by atoms with Crippen LogP contribution in [0.1, 0.15) is 39.5 Å². The van der Waals surface area contributed by atoms with Crippen LogP contribution in [-0.2, 0) is 0 Å². The van der Waals surface area contributed by atoms with Crippen LogP contribution >= 0.6 is 12.4 Å². The van der Waals surface area contributed by atoms with Crippen LogP contribution in [0, 0.1) is 5.41 Å². The van der Waals surface area contributed by atoms with Crippen LogP contribution in [0.2, 0.25) is 0 Å². The van der Waals surface area contributed by atoms with Gasteiger partial charge in [0.2, 0.25) is 0 Å². The van der Waals surface area contributed by atoms with Gasteiger partial charge < -0.3 is 5.32 Å². The summed E-state index contributed by atoms with van der Waals surface area (Å²) in [4.78, 5) is 0. The number of nitrogens with one attached hydrogen (secondary N) is 1. The van der Waals surface area contributed by atoms with Crippen molar-refractivity contribution in [2.24, 2.45) is 5.41 Å². The second-order valence-electron chi connectivity index (χ2n) is 4.25. The summed E-state index contributed by atoms with van der Waals surface area (Å²) in [7, 11) is 2.08. The molecule has 1 atom stereocenters. The molecule has 0 amide bonds. The third-order valence-electron chi connectivity index (χ3n) is 2.61. The van der Waals surface area contributed by atoms with Gasteiger partial charge >= 0.3 is 0 Å². The van der Waals surface area contributed by atoms with Crippen molar-refractivity contribution < 1.29 is 0 Å². The molecule has 68 valence electrons. The van der Waals surface area contributed by atoms with E-state index < -0.39 is 0 Å². The lowest BCUT2D eigenvalue weighted by atomic mass is 9.75. The Morgan fingerprint density at radius 2 is 2.00 bits per heavy atom. The second kappa shape index (κ2) is 4.32. The monoisotopic (exact) mass is 177 g/mol. The summed E-state index contributed by atoms with van der Waals surface area (Å²) < 4.78 is 0. The standard InChI is InChI=1S/C9H19N.ClH/c1-9(2)6-4-5-8(7-9)10-3;/h8,10H,4-7H2,1-3H3;1H. The van der Waals surface area contributed by atoms with Crippen LogP contribution in [0.15, 0.2) is 0 Å². The van der Waals surface area contributed by atoms with Gasteiger partial charge in [-0.25, -0.2) is 0 Å². The Labute approximate surface area is 76.4 Å². The molecular formula is C9H20ClN. The van der Waals surface area contributed by atoms with Crippen molar-refractivity contribution in [3.05, 3.63) is 0 Å². The Balaban J connectivity index is 0.000001000. The molecule has 0 bridgehead atoms. The van der Waals surface area contributed by atoms with Gasteiger partial charge in [0, 0.05) is 6.04 Å². The van der Waals surface area contributed by atoms with Gasteiger partial charge in [-0.15, -0.1) is 12.4 Å². The molecule has 11 heavy (non-hydrogen) atoms. The van der Waals surface area contributed by atoms with Crippen LogP contribution < -0.4 is 5.32 Å². The van der Waals surface area contributed by atoms with Crippen molar-refractivity contribution in [3.63, 3.8) is 0 Å². The van der Waals surface area contributed by atoms with Crippen LogP contribution in [0.4, 0.5) is 0 Å². The van der Waals surface area contributed by atoms with Gasteiger partial charge in [-0.2, -0.15) is 0 Å². The third kappa shape index (κ3) is 3.44. The highest BCUT2D eigenvalue weighted by Crippen LogP contribution is 2.34. The summed E-state index contributed by atoms with van der Waals surface area (Å²) in [5.41, 5.74) is 0.589. The molecule has 0 aromatic rings. The number of rotatable bonds is 1. The number of hydrogen-bond donors (Lipinski definition) is 1. The van der Waals surface area contributed by atoms with Crippen molar-refractivity contribution in [2.45, 2.75) is 45.6 Å². The van der Waals surface area contributed by atoms with Gasteiger partial charge in [-0.3, -0.25) is 0 Å². The Bertz CT molecular complexity index is 112. The first kappa shape index (κ1) is 11.2. The largest absolute Gasteiger partial charge is 0.317 e. The maximum Gasteiger partial charge on any atom is 0.00691 e. The second-order valence-corrected chi connectivity index (χ2v) is 4.25. The van der Waals surface area contributed by atoms with Crippen molar-refractivity contribution >= 4 is 12.4 Å². The third-order valence-corrected chi connectivity index (χ3v) is 2.61. The molecule has 0 aromatic heterocycles. The molecule has 1 N–H and O–H groups in total. The Morgan fingerprint density at radius 3 is 2.36 bits per heavy atom. The molecule has 1 rings (SSSR count). The molecule has 1 aliphatic carbocycles. The molecule has 0 saturated heterocycles. The lowest BCUT2D eigenvalue weighted by Gasteiger charge is -2.34. The van der Waals surface area contributed by atoms with E-state index in [-0.39, 0.29) is 12.4 Å². The van der Waals surface area contributed by atoms with Crippen molar-refractivity contribution in [2.75, 3.05) is 7.05 Å². The van der Waals surface area contributed by atoms with E-state index in [0.29, 0.717) is 5.41 Å². The molecule has 0 aromatic carbocycles. The summed E-state index contributed by atoms with van der Waals surface area (Å²) in [6.45, 7) is 4.74. The first-order valence-electron chi connectivity index (χ1n) is 4.31. The van der Waals surface area contributed by atoms with E-state index in [4.69, 9.17) is 0 Å². The minimum Gasteiger partial charge on any atom is -0.317 e. The molecule has 1 aliphatic rings. The zero-order chi connectivity index (χ0) is 7.61. The van der Waals surface area contributed by atoms with E-state index in [9.17, 15) is 0 Å². The van der Waals surface area contributed by atoms with Crippen LogP contribution in [0.3, 0.4) is 0 Å². The molecule has 0 aliphatic heterocycles. The molecule has 1 unspecified atom stereocenters. The fourth-order valence-electron chi connectivity index (χ4n) is 1.94. The molecule has 0 heterocycles. The van der Waals surface area contributed by atoms with E-state index in [1.165, 1.54) is 25.7 Å². The Hall–Kier alpha value is 0.250. The van der Waals surface area contributed by atoms with Gasteiger partial charge in [0.05, 0.1) is 0 Å². The quantitative estimate of drug-likeness (QED) is 0.650. The molecular weight excluding hydrogens is 158 g/mol. The highest BCUT2D eigenvalue weighted by atomic mass is 35.5. The average Bonchev–Trinajstić information content (AvgIpc) is 1.86. The number of halogens is 1. The topological polar surface area (TPSA) is 12.0 Å². The van der Waals surface area contributed by atoms with Crippen molar-refractivity contribution in [1.82, 2.24) is 5.32 Å². The lowest BCUT2D eigenvalue weighted by molar-refractivity contribution is 0.204.